The first-order valence-corrected chi connectivity index (χ1v) is 7.82. The number of halogens is 2. The van der Waals surface area contributed by atoms with E-state index < -0.39 is 11.8 Å². The summed E-state index contributed by atoms with van der Waals surface area (Å²) in [5, 5.41) is 3.33. The Labute approximate surface area is 144 Å². The summed E-state index contributed by atoms with van der Waals surface area (Å²) >= 11 is 5.79. The van der Waals surface area contributed by atoms with Crippen LogP contribution in [0.5, 0.6) is 0 Å². The minimum absolute atomic E-state index is 0.0736. The van der Waals surface area contributed by atoms with Crippen molar-refractivity contribution in [2.24, 2.45) is 0 Å². The van der Waals surface area contributed by atoms with Crippen LogP contribution in [0.3, 0.4) is 0 Å². The number of benzene rings is 2. The largest absolute Gasteiger partial charge is 0.455 e. The van der Waals surface area contributed by atoms with E-state index in [9.17, 15) is 14.0 Å². The number of ether oxygens (including phenoxy) is 1. The molecule has 0 unspecified atom stereocenters. The Balaban J connectivity index is 1.65. The summed E-state index contributed by atoms with van der Waals surface area (Å²) in [5.41, 5.74) is 1.55. The van der Waals surface area contributed by atoms with E-state index in [-0.39, 0.29) is 18.9 Å². The summed E-state index contributed by atoms with van der Waals surface area (Å²) in [6.45, 7) is 0.0800. The van der Waals surface area contributed by atoms with Gasteiger partial charge in [0.25, 0.3) is 5.91 Å². The second-order valence-corrected chi connectivity index (χ2v) is 5.63. The maximum atomic E-state index is 13.0. The van der Waals surface area contributed by atoms with Crippen LogP contribution in [0.25, 0.3) is 0 Å². The van der Waals surface area contributed by atoms with Crippen molar-refractivity contribution < 1.29 is 18.7 Å². The Bertz CT molecular complexity index is 704. The molecule has 0 fully saturated rings. The number of esters is 1. The smallest absolute Gasteiger partial charge is 0.310 e. The van der Waals surface area contributed by atoms with Crippen molar-refractivity contribution in [2.45, 2.75) is 12.8 Å². The molecule has 0 aliphatic carbocycles. The first-order chi connectivity index (χ1) is 11.5. The van der Waals surface area contributed by atoms with Gasteiger partial charge in [-0.1, -0.05) is 35.9 Å². The van der Waals surface area contributed by atoms with Gasteiger partial charge in [0.15, 0.2) is 6.61 Å². The number of carbonyl (C=O) groups excluding carboxylic acids is 2. The molecule has 0 radical (unpaired) electrons. The van der Waals surface area contributed by atoms with Gasteiger partial charge < -0.3 is 10.1 Å². The number of hydrogen-bond donors (Lipinski definition) is 1. The average Bonchev–Trinajstić information content (AvgIpc) is 2.55. The van der Waals surface area contributed by atoms with Crippen LogP contribution in [-0.4, -0.2) is 25.0 Å². The molecule has 0 aliphatic rings. The fourth-order valence-corrected chi connectivity index (χ4v) is 2.19. The molecule has 0 heterocycles. The highest BCUT2D eigenvalue weighted by atomic mass is 35.5. The van der Waals surface area contributed by atoms with E-state index in [1.807, 2.05) is 12.1 Å². The molecule has 2 rings (SSSR count). The van der Waals surface area contributed by atoms with E-state index in [0.717, 1.165) is 5.56 Å². The zero-order valence-electron chi connectivity index (χ0n) is 12.9. The van der Waals surface area contributed by atoms with E-state index in [0.29, 0.717) is 23.6 Å². The van der Waals surface area contributed by atoms with Crippen molar-refractivity contribution in [2.75, 3.05) is 13.2 Å². The Kier molecular flexibility index (Phi) is 6.75. The van der Waals surface area contributed by atoms with Gasteiger partial charge in [0, 0.05) is 11.6 Å². The van der Waals surface area contributed by atoms with Crippen LogP contribution in [0, 0.1) is 5.82 Å². The van der Waals surface area contributed by atoms with Crippen LogP contribution in [0.1, 0.15) is 11.1 Å². The van der Waals surface area contributed by atoms with Gasteiger partial charge in [-0.3, -0.25) is 9.59 Å². The number of rotatable bonds is 7. The molecular weight excluding hydrogens is 333 g/mol. The second-order valence-electron chi connectivity index (χ2n) is 5.19. The minimum atomic E-state index is -0.576. The van der Waals surface area contributed by atoms with Gasteiger partial charge in [0.1, 0.15) is 5.82 Å². The summed E-state index contributed by atoms with van der Waals surface area (Å²) in [5.74, 6) is -1.37. The van der Waals surface area contributed by atoms with E-state index in [1.165, 1.54) is 18.2 Å². The van der Waals surface area contributed by atoms with Crippen LogP contribution >= 0.6 is 11.6 Å². The Morgan fingerprint density at radius 1 is 1.08 bits per heavy atom. The molecule has 0 spiro atoms. The van der Waals surface area contributed by atoms with Crippen LogP contribution in [-0.2, 0) is 27.2 Å². The molecule has 0 saturated heterocycles. The third-order valence-corrected chi connectivity index (χ3v) is 3.50. The highest BCUT2D eigenvalue weighted by Gasteiger charge is 2.09. The minimum Gasteiger partial charge on any atom is -0.455 e. The lowest BCUT2D eigenvalue weighted by Gasteiger charge is -2.07. The molecule has 6 heteroatoms. The van der Waals surface area contributed by atoms with E-state index in [2.05, 4.69) is 5.32 Å². The van der Waals surface area contributed by atoms with Crippen LogP contribution < -0.4 is 5.32 Å². The molecule has 0 saturated carbocycles. The Morgan fingerprint density at radius 3 is 2.54 bits per heavy atom. The monoisotopic (exact) mass is 349 g/mol. The fourth-order valence-electron chi connectivity index (χ4n) is 2.06. The van der Waals surface area contributed by atoms with Crippen LogP contribution in [0.2, 0.25) is 5.02 Å². The van der Waals surface area contributed by atoms with Gasteiger partial charge in [0.05, 0.1) is 6.42 Å². The molecular formula is C18H17ClFNO3. The number of amides is 1. The summed E-state index contributed by atoms with van der Waals surface area (Å²) < 4.78 is 17.9. The molecule has 2 aromatic carbocycles. The lowest BCUT2D eigenvalue weighted by atomic mass is 10.1. The average molecular weight is 350 g/mol. The SMILES string of the molecule is O=C(COC(=O)Cc1cccc(F)c1)NCCc1ccc(Cl)cc1. The first-order valence-electron chi connectivity index (χ1n) is 7.44. The van der Waals surface area contributed by atoms with Crippen molar-refractivity contribution >= 4 is 23.5 Å². The van der Waals surface area contributed by atoms with Crippen molar-refractivity contribution in [3.63, 3.8) is 0 Å². The maximum absolute atomic E-state index is 13.0. The summed E-state index contributed by atoms with van der Waals surface area (Å²) in [7, 11) is 0. The molecule has 0 bridgehead atoms. The van der Waals surface area contributed by atoms with Gasteiger partial charge in [-0.15, -0.1) is 0 Å². The number of hydrogen-bond acceptors (Lipinski definition) is 3. The molecule has 1 N–H and O–H groups in total. The van der Waals surface area contributed by atoms with Crippen molar-refractivity contribution in [3.8, 4) is 0 Å². The van der Waals surface area contributed by atoms with Crippen molar-refractivity contribution in [3.05, 3.63) is 70.5 Å². The Hall–Kier alpha value is -2.40. The third-order valence-electron chi connectivity index (χ3n) is 3.25. The van der Waals surface area contributed by atoms with Gasteiger partial charge in [-0.05, 0) is 41.8 Å². The summed E-state index contributed by atoms with van der Waals surface area (Å²) in [6, 6.07) is 13.0. The molecule has 1 amide bonds. The highest BCUT2D eigenvalue weighted by Crippen LogP contribution is 2.09. The zero-order valence-corrected chi connectivity index (χ0v) is 13.7. The molecule has 24 heavy (non-hydrogen) atoms. The van der Waals surface area contributed by atoms with E-state index >= 15 is 0 Å². The van der Waals surface area contributed by atoms with Gasteiger partial charge in [0.2, 0.25) is 0 Å². The molecule has 4 nitrogen and oxygen atoms in total. The topological polar surface area (TPSA) is 55.4 Å². The molecule has 0 aliphatic heterocycles. The second kappa shape index (κ2) is 9.03. The molecule has 126 valence electrons. The predicted molar refractivity (Wildman–Crippen MR) is 89.2 cm³/mol. The zero-order chi connectivity index (χ0) is 17.4. The summed E-state index contributed by atoms with van der Waals surface area (Å²) in [4.78, 5) is 23.2. The van der Waals surface area contributed by atoms with E-state index in [4.69, 9.17) is 16.3 Å². The Morgan fingerprint density at radius 2 is 1.83 bits per heavy atom. The lowest BCUT2D eigenvalue weighted by molar-refractivity contribution is -0.147. The van der Waals surface area contributed by atoms with Gasteiger partial charge in [-0.25, -0.2) is 4.39 Å². The quantitative estimate of drug-likeness (QED) is 0.782. The molecule has 2 aromatic rings. The normalized spacial score (nSPS) is 10.2. The fraction of sp³-hybridized carbons (Fsp3) is 0.222. The van der Waals surface area contributed by atoms with Gasteiger partial charge >= 0.3 is 5.97 Å². The lowest BCUT2D eigenvalue weighted by Crippen LogP contribution is -2.30. The molecule has 0 atom stereocenters. The number of carbonyl (C=O) groups is 2. The van der Waals surface area contributed by atoms with Crippen molar-refractivity contribution in [1.82, 2.24) is 5.32 Å². The van der Waals surface area contributed by atoms with Crippen LogP contribution in [0.15, 0.2) is 48.5 Å². The van der Waals surface area contributed by atoms with E-state index in [1.54, 1.807) is 18.2 Å². The number of nitrogens with one attached hydrogen (secondary N) is 1. The predicted octanol–water partition coefficient (Wildman–Crippen LogP) is 2.92. The maximum Gasteiger partial charge on any atom is 0.310 e. The molecule has 0 aromatic heterocycles. The third kappa shape index (κ3) is 6.38. The summed E-state index contributed by atoms with van der Waals surface area (Å²) in [6.07, 6.45) is 0.579. The van der Waals surface area contributed by atoms with Crippen molar-refractivity contribution in [1.29, 1.82) is 0 Å². The van der Waals surface area contributed by atoms with Gasteiger partial charge in [-0.2, -0.15) is 0 Å². The van der Waals surface area contributed by atoms with Crippen LogP contribution in [0.4, 0.5) is 4.39 Å². The standard InChI is InChI=1S/C18H17ClFNO3/c19-15-6-4-13(5-7-15)8-9-21-17(22)12-24-18(23)11-14-2-1-3-16(20)10-14/h1-7,10H,8-9,11-12H2,(H,21,22). The first kappa shape index (κ1) is 17.9. The highest BCUT2D eigenvalue weighted by molar-refractivity contribution is 6.30.